The molecule has 0 aromatic carbocycles. The first-order valence-corrected chi connectivity index (χ1v) is 6.79. The van der Waals surface area contributed by atoms with E-state index in [1.807, 2.05) is 25.7 Å². The number of nitrogens with zero attached hydrogens (tertiary/aromatic N) is 2. The Kier molecular flexibility index (Phi) is 4.61. The second kappa shape index (κ2) is 5.45. The van der Waals surface area contributed by atoms with Crippen LogP contribution in [0.5, 0.6) is 0 Å². The molecular formula is C13H20N2OS2. The van der Waals surface area contributed by atoms with Crippen LogP contribution in [-0.2, 0) is 4.79 Å². The van der Waals surface area contributed by atoms with E-state index in [0.717, 1.165) is 25.0 Å². The molecule has 0 bridgehead atoms. The van der Waals surface area contributed by atoms with E-state index in [4.69, 9.17) is 24.4 Å². The SMILES string of the molecule is C=C(C)CCCN1C(=S)N(C)C(=O)C(C)(C)C1=S. The first kappa shape index (κ1) is 15.2. The molecule has 0 atom stereocenters. The zero-order chi connectivity index (χ0) is 14.1. The van der Waals surface area contributed by atoms with Crippen LogP contribution in [0.1, 0.15) is 33.6 Å². The molecule has 18 heavy (non-hydrogen) atoms. The fraction of sp³-hybridized carbons (Fsp3) is 0.615. The van der Waals surface area contributed by atoms with Crippen molar-refractivity contribution < 1.29 is 4.79 Å². The summed E-state index contributed by atoms with van der Waals surface area (Å²) in [6.45, 7) is 10.3. The molecule has 1 aliphatic heterocycles. The van der Waals surface area contributed by atoms with Crippen molar-refractivity contribution >= 4 is 40.4 Å². The lowest BCUT2D eigenvalue weighted by Crippen LogP contribution is -2.61. The second-order valence-electron chi connectivity index (χ2n) is 5.29. The van der Waals surface area contributed by atoms with Crippen LogP contribution in [0.3, 0.4) is 0 Å². The van der Waals surface area contributed by atoms with Crippen molar-refractivity contribution in [1.82, 2.24) is 9.80 Å². The quantitative estimate of drug-likeness (QED) is 0.585. The second-order valence-corrected chi connectivity index (χ2v) is 6.04. The number of allylic oxidation sites excluding steroid dienone is 1. The minimum atomic E-state index is -0.657. The normalized spacial score (nSPS) is 19.4. The van der Waals surface area contributed by atoms with Gasteiger partial charge in [-0.05, 0) is 45.8 Å². The van der Waals surface area contributed by atoms with Gasteiger partial charge in [-0.1, -0.05) is 17.8 Å². The summed E-state index contributed by atoms with van der Waals surface area (Å²) in [6.07, 6.45) is 1.88. The standard InChI is InChI=1S/C13H20N2OS2/c1-9(2)7-6-8-15-11(17)13(3,4)10(16)14(5)12(15)18/h1,6-8H2,2-5H3. The van der Waals surface area contributed by atoms with Crippen molar-refractivity contribution in [2.75, 3.05) is 13.6 Å². The van der Waals surface area contributed by atoms with Crippen molar-refractivity contribution in [2.45, 2.75) is 33.6 Å². The third-order valence-electron chi connectivity index (χ3n) is 3.12. The van der Waals surface area contributed by atoms with Crippen LogP contribution >= 0.6 is 24.4 Å². The Labute approximate surface area is 120 Å². The summed E-state index contributed by atoms with van der Waals surface area (Å²) in [5.74, 6) is -0.0337. The molecule has 1 amide bonds. The highest BCUT2D eigenvalue weighted by Crippen LogP contribution is 2.29. The predicted molar refractivity (Wildman–Crippen MR) is 82.5 cm³/mol. The number of carbonyl (C=O) groups excluding carboxylic acids is 1. The van der Waals surface area contributed by atoms with Crippen molar-refractivity contribution in [1.29, 1.82) is 0 Å². The van der Waals surface area contributed by atoms with Crippen LogP contribution in [0.25, 0.3) is 0 Å². The molecule has 0 aromatic rings. The minimum Gasteiger partial charge on any atom is -0.312 e. The highest BCUT2D eigenvalue weighted by molar-refractivity contribution is 7.82. The summed E-state index contributed by atoms with van der Waals surface area (Å²) in [7, 11) is 1.71. The Morgan fingerprint density at radius 3 is 2.44 bits per heavy atom. The third kappa shape index (κ3) is 2.78. The Morgan fingerprint density at radius 2 is 1.94 bits per heavy atom. The van der Waals surface area contributed by atoms with E-state index >= 15 is 0 Å². The van der Waals surface area contributed by atoms with E-state index in [2.05, 4.69) is 6.58 Å². The molecule has 1 heterocycles. The Morgan fingerprint density at radius 1 is 1.39 bits per heavy atom. The van der Waals surface area contributed by atoms with E-state index in [9.17, 15) is 4.79 Å². The third-order valence-corrected chi connectivity index (χ3v) is 4.35. The minimum absolute atomic E-state index is 0.0337. The summed E-state index contributed by atoms with van der Waals surface area (Å²) in [5.41, 5.74) is 0.489. The van der Waals surface area contributed by atoms with Gasteiger partial charge < -0.3 is 4.90 Å². The lowest BCUT2D eigenvalue weighted by atomic mass is 9.89. The summed E-state index contributed by atoms with van der Waals surface area (Å²) < 4.78 is 0. The van der Waals surface area contributed by atoms with Gasteiger partial charge >= 0.3 is 0 Å². The van der Waals surface area contributed by atoms with Gasteiger partial charge in [0.05, 0.1) is 10.4 Å². The molecule has 1 rings (SSSR count). The highest BCUT2D eigenvalue weighted by Gasteiger charge is 2.45. The van der Waals surface area contributed by atoms with Gasteiger partial charge in [0.15, 0.2) is 5.11 Å². The van der Waals surface area contributed by atoms with Gasteiger partial charge in [0, 0.05) is 13.6 Å². The average Bonchev–Trinajstić information content (AvgIpc) is 2.29. The zero-order valence-corrected chi connectivity index (χ0v) is 13.1. The number of rotatable bonds is 4. The molecule has 5 heteroatoms. The number of amides is 1. The van der Waals surface area contributed by atoms with Crippen LogP contribution in [0, 0.1) is 5.41 Å². The van der Waals surface area contributed by atoms with Gasteiger partial charge in [-0.3, -0.25) is 9.69 Å². The summed E-state index contributed by atoms with van der Waals surface area (Å²) in [4.78, 5) is 16.1. The van der Waals surface area contributed by atoms with Gasteiger partial charge in [0.2, 0.25) is 5.91 Å². The molecule has 0 unspecified atom stereocenters. The van der Waals surface area contributed by atoms with Crippen molar-refractivity contribution in [3.63, 3.8) is 0 Å². The lowest BCUT2D eigenvalue weighted by molar-refractivity contribution is -0.133. The molecule has 0 N–H and O–H groups in total. The molecular weight excluding hydrogens is 264 g/mol. The number of hydrogen-bond acceptors (Lipinski definition) is 3. The Hall–Kier alpha value is -0.810. The number of hydrogen-bond donors (Lipinski definition) is 0. The van der Waals surface area contributed by atoms with Gasteiger partial charge in [-0.25, -0.2) is 0 Å². The Bertz CT molecular complexity index is 415. The maximum Gasteiger partial charge on any atom is 0.240 e. The maximum atomic E-state index is 12.1. The first-order chi connectivity index (χ1) is 8.19. The first-order valence-electron chi connectivity index (χ1n) is 5.98. The van der Waals surface area contributed by atoms with Crippen LogP contribution in [0.4, 0.5) is 0 Å². The van der Waals surface area contributed by atoms with Gasteiger partial charge in [-0.2, -0.15) is 0 Å². The van der Waals surface area contributed by atoms with Gasteiger partial charge in [-0.15, -0.1) is 6.58 Å². The van der Waals surface area contributed by atoms with Crippen molar-refractivity contribution in [2.24, 2.45) is 5.41 Å². The molecule has 100 valence electrons. The van der Waals surface area contributed by atoms with E-state index in [1.165, 1.54) is 4.90 Å². The number of carbonyl (C=O) groups is 1. The molecule has 1 saturated heterocycles. The smallest absolute Gasteiger partial charge is 0.240 e. The molecule has 1 aliphatic rings. The number of thiocarbonyl (C=S) groups is 2. The summed E-state index contributed by atoms with van der Waals surface area (Å²) in [6, 6.07) is 0. The van der Waals surface area contributed by atoms with E-state index in [0.29, 0.717) is 10.1 Å². The largest absolute Gasteiger partial charge is 0.312 e. The lowest BCUT2D eigenvalue weighted by Gasteiger charge is -2.43. The molecule has 0 saturated carbocycles. The molecule has 1 fully saturated rings. The topological polar surface area (TPSA) is 23.6 Å². The average molecular weight is 284 g/mol. The predicted octanol–water partition coefficient (Wildman–Crippen LogP) is 2.76. The zero-order valence-electron chi connectivity index (χ0n) is 11.4. The summed E-state index contributed by atoms with van der Waals surface area (Å²) in [5, 5.41) is 0.506. The molecule has 0 radical (unpaired) electrons. The van der Waals surface area contributed by atoms with E-state index < -0.39 is 5.41 Å². The van der Waals surface area contributed by atoms with Crippen LogP contribution in [0.2, 0.25) is 0 Å². The molecule has 0 aromatic heterocycles. The van der Waals surface area contributed by atoms with Crippen LogP contribution in [-0.4, -0.2) is 39.4 Å². The molecule has 0 aliphatic carbocycles. The van der Waals surface area contributed by atoms with Crippen molar-refractivity contribution in [3.05, 3.63) is 12.2 Å². The Balaban J connectivity index is 2.84. The maximum absolute atomic E-state index is 12.1. The highest BCUT2D eigenvalue weighted by atomic mass is 32.1. The molecule has 0 spiro atoms. The molecule has 3 nitrogen and oxygen atoms in total. The van der Waals surface area contributed by atoms with Crippen LogP contribution < -0.4 is 0 Å². The van der Waals surface area contributed by atoms with Crippen LogP contribution in [0.15, 0.2) is 12.2 Å². The van der Waals surface area contributed by atoms with E-state index in [-0.39, 0.29) is 5.91 Å². The van der Waals surface area contributed by atoms with Gasteiger partial charge in [0.25, 0.3) is 0 Å². The van der Waals surface area contributed by atoms with Crippen molar-refractivity contribution in [3.8, 4) is 0 Å². The van der Waals surface area contributed by atoms with E-state index in [1.54, 1.807) is 7.05 Å². The summed E-state index contributed by atoms with van der Waals surface area (Å²) >= 11 is 10.7. The van der Waals surface area contributed by atoms with Gasteiger partial charge in [0.1, 0.15) is 0 Å². The fourth-order valence-corrected chi connectivity index (χ4v) is 2.53. The fourth-order valence-electron chi connectivity index (χ4n) is 1.94. The monoisotopic (exact) mass is 284 g/mol.